The SMILES string of the molecule is CC(C)(C)n1cc(C(=O)NCC#Cc2nc3c(N[C@@H]4CCNC[C@@H]4F)cccn3c2SC(F)(F)F)cn1. The Hall–Kier alpha value is -3.24. The van der Waals surface area contributed by atoms with Crippen LogP contribution in [0.5, 0.6) is 0 Å². The van der Waals surface area contributed by atoms with E-state index in [1.165, 1.54) is 16.8 Å². The molecule has 0 saturated carbocycles. The molecule has 198 valence electrons. The summed E-state index contributed by atoms with van der Waals surface area (Å²) in [5.74, 6) is 4.93. The molecule has 1 aliphatic rings. The number of nitrogens with zero attached hydrogens (tertiary/aromatic N) is 4. The third-order valence-corrected chi connectivity index (χ3v) is 6.46. The number of nitrogens with one attached hydrogen (secondary N) is 3. The smallest absolute Gasteiger partial charge is 0.376 e. The number of pyridine rings is 1. The van der Waals surface area contributed by atoms with Crippen molar-refractivity contribution in [2.75, 3.05) is 25.0 Å². The molecule has 1 fully saturated rings. The maximum atomic E-state index is 14.3. The topological polar surface area (TPSA) is 88.3 Å². The van der Waals surface area contributed by atoms with Gasteiger partial charge in [0, 0.05) is 30.7 Å². The van der Waals surface area contributed by atoms with Crippen LogP contribution in [-0.4, -0.2) is 62.4 Å². The fourth-order valence-corrected chi connectivity index (χ4v) is 4.45. The minimum absolute atomic E-state index is 0.0894. The highest BCUT2D eigenvalue weighted by Gasteiger charge is 2.33. The van der Waals surface area contributed by atoms with Crippen molar-refractivity contribution in [3.63, 3.8) is 0 Å². The van der Waals surface area contributed by atoms with Gasteiger partial charge >= 0.3 is 5.51 Å². The summed E-state index contributed by atoms with van der Waals surface area (Å²) in [7, 11) is 0. The number of carbonyl (C=O) groups is 1. The van der Waals surface area contributed by atoms with E-state index >= 15 is 0 Å². The van der Waals surface area contributed by atoms with Crippen molar-refractivity contribution < 1.29 is 22.4 Å². The van der Waals surface area contributed by atoms with Gasteiger partial charge in [0.1, 0.15) is 16.9 Å². The van der Waals surface area contributed by atoms with Gasteiger partial charge in [0.25, 0.3) is 5.91 Å². The predicted octanol–water partition coefficient (Wildman–Crippen LogP) is 3.79. The van der Waals surface area contributed by atoms with Crippen LogP contribution in [0, 0.1) is 11.8 Å². The lowest BCUT2D eigenvalue weighted by Crippen LogP contribution is -2.45. The van der Waals surface area contributed by atoms with Crippen molar-refractivity contribution in [3.05, 3.63) is 42.0 Å². The molecule has 0 unspecified atom stereocenters. The lowest BCUT2D eigenvalue weighted by atomic mass is 10.0. The van der Waals surface area contributed by atoms with Gasteiger partial charge in [-0.15, -0.1) is 0 Å². The van der Waals surface area contributed by atoms with Gasteiger partial charge in [0.2, 0.25) is 0 Å². The highest BCUT2D eigenvalue weighted by molar-refractivity contribution is 8.00. The molecule has 8 nitrogen and oxygen atoms in total. The standard InChI is InChI=1S/C24H27F4N7OS/c1-23(2,3)35-14-15(12-31-35)21(36)30-9-4-6-19-22(37-24(26,27)28)34-11-5-7-18(20(34)33-19)32-17-8-10-29-13-16(17)25/h5,7,11-12,14,16-17,29,32H,8-10,13H2,1-3H3,(H,30,36)/t16-,17+/m0/s1. The van der Waals surface area contributed by atoms with Crippen molar-refractivity contribution in [3.8, 4) is 11.8 Å². The highest BCUT2D eigenvalue weighted by Crippen LogP contribution is 2.39. The number of fused-ring (bicyclic) bond motifs is 1. The van der Waals surface area contributed by atoms with Crippen LogP contribution in [0.1, 0.15) is 43.2 Å². The van der Waals surface area contributed by atoms with E-state index in [-0.39, 0.29) is 46.8 Å². The molecule has 13 heteroatoms. The lowest BCUT2D eigenvalue weighted by Gasteiger charge is -2.28. The Labute approximate surface area is 215 Å². The van der Waals surface area contributed by atoms with E-state index in [4.69, 9.17) is 0 Å². The summed E-state index contributed by atoms with van der Waals surface area (Å²) in [6.45, 7) is 6.56. The summed E-state index contributed by atoms with van der Waals surface area (Å²) in [4.78, 5) is 16.7. The first-order chi connectivity index (χ1) is 17.4. The molecule has 0 radical (unpaired) electrons. The second kappa shape index (κ2) is 10.6. The first kappa shape index (κ1) is 26.8. The van der Waals surface area contributed by atoms with Gasteiger partial charge < -0.3 is 16.0 Å². The minimum atomic E-state index is -4.57. The average Bonchev–Trinajstić information content (AvgIpc) is 3.44. The van der Waals surface area contributed by atoms with Gasteiger partial charge in [-0.3, -0.25) is 13.9 Å². The van der Waals surface area contributed by atoms with Gasteiger partial charge in [-0.2, -0.15) is 18.3 Å². The van der Waals surface area contributed by atoms with Crippen LogP contribution in [-0.2, 0) is 5.54 Å². The number of carbonyl (C=O) groups excluding carboxylic acids is 1. The van der Waals surface area contributed by atoms with Gasteiger partial charge in [-0.05, 0) is 51.8 Å². The van der Waals surface area contributed by atoms with Crippen molar-refractivity contribution in [1.29, 1.82) is 0 Å². The fourth-order valence-electron chi connectivity index (χ4n) is 3.79. The van der Waals surface area contributed by atoms with Crippen LogP contribution in [0.15, 0.2) is 35.7 Å². The van der Waals surface area contributed by atoms with Gasteiger partial charge in [-0.1, -0.05) is 5.92 Å². The Kier molecular flexibility index (Phi) is 7.70. The fraction of sp³-hybridized carbons (Fsp3) is 0.458. The molecular weight excluding hydrogens is 510 g/mol. The quantitative estimate of drug-likeness (QED) is 0.261. The Balaban J connectivity index is 1.56. The molecule has 4 rings (SSSR count). The Bertz CT molecular complexity index is 1330. The number of halogens is 4. The Morgan fingerprint density at radius 1 is 1.32 bits per heavy atom. The Morgan fingerprint density at radius 3 is 2.78 bits per heavy atom. The highest BCUT2D eigenvalue weighted by atomic mass is 32.2. The van der Waals surface area contributed by atoms with Crippen molar-refractivity contribution in [2.24, 2.45) is 0 Å². The zero-order chi connectivity index (χ0) is 26.8. The average molecular weight is 538 g/mol. The van der Waals surface area contributed by atoms with E-state index in [2.05, 4.69) is 37.9 Å². The predicted molar refractivity (Wildman–Crippen MR) is 133 cm³/mol. The van der Waals surface area contributed by atoms with Crippen LogP contribution in [0.4, 0.5) is 23.2 Å². The number of piperidine rings is 1. The van der Waals surface area contributed by atoms with Crippen LogP contribution in [0.25, 0.3) is 5.65 Å². The van der Waals surface area contributed by atoms with Crippen LogP contribution in [0.3, 0.4) is 0 Å². The molecule has 0 bridgehead atoms. The number of hydrogen-bond donors (Lipinski definition) is 3. The molecule has 2 atom stereocenters. The minimum Gasteiger partial charge on any atom is -0.376 e. The number of amides is 1. The normalized spacial score (nSPS) is 18.4. The number of alkyl halides is 4. The van der Waals surface area contributed by atoms with Crippen LogP contribution in [0.2, 0.25) is 0 Å². The summed E-state index contributed by atoms with van der Waals surface area (Å²) in [6, 6.07) is 2.73. The number of imidazole rings is 1. The third-order valence-electron chi connectivity index (χ3n) is 5.64. The summed E-state index contributed by atoms with van der Waals surface area (Å²) < 4.78 is 57.3. The molecule has 1 saturated heterocycles. The first-order valence-electron chi connectivity index (χ1n) is 11.6. The number of aromatic nitrogens is 4. The van der Waals surface area contributed by atoms with E-state index in [1.54, 1.807) is 23.0 Å². The van der Waals surface area contributed by atoms with E-state index in [9.17, 15) is 22.4 Å². The molecule has 4 heterocycles. The van der Waals surface area contributed by atoms with Crippen molar-refractivity contribution >= 4 is 29.0 Å². The molecule has 0 aliphatic carbocycles. The molecule has 1 amide bonds. The molecule has 3 N–H and O–H groups in total. The summed E-state index contributed by atoms with van der Waals surface area (Å²) in [5, 5.41) is 12.6. The van der Waals surface area contributed by atoms with Gasteiger partial charge in [0.05, 0.1) is 35.6 Å². The number of anilines is 1. The van der Waals surface area contributed by atoms with Crippen molar-refractivity contribution in [1.82, 2.24) is 29.8 Å². The maximum absolute atomic E-state index is 14.3. The molecule has 3 aromatic rings. The van der Waals surface area contributed by atoms with Gasteiger partial charge in [-0.25, -0.2) is 9.37 Å². The van der Waals surface area contributed by atoms with Crippen molar-refractivity contribution in [2.45, 2.75) is 55.5 Å². The van der Waals surface area contributed by atoms with Crippen LogP contribution < -0.4 is 16.0 Å². The molecule has 3 aromatic heterocycles. The van der Waals surface area contributed by atoms with Crippen LogP contribution >= 0.6 is 11.8 Å². The third kappa shape index (κ3) is 6.56. The summed E-state index contributed by atoms with van der Waals surface area (Å²) >= 11 is -0.327. The zero-order valence-electron chi connectivity index (χ0n) is 20.5. The first-order valence-corrected chi connectivity index (χ1v) is 12.4. The monoisotopic (exact) mass is 537 g/mol. The second-order valence-corrected chi connectivity index (χ2v) is 10.6. The van der Waals surface area contributed by atoms with E-state index in [0.717, 1.165) is 0 Å². The van der Waals surface area contributed by atoms with E-state index in [0.29, 0.717) is 24.2 Å². The van der Waals surface area contributed by atoms with E-state index in [1.807, 2.05) is 20.8 Å². The zero-order valence-corrected chi connectivity index (χ0v) is 21.3. The molecule has 0 aromatic carbocycles. The summed E-state index contributed by atoms with van der Waals surface area (Å²) in [6.07, 6.45) is 3.88. The van der Waals surface area contributed by atoms with E-state index < -0.39 is 23.6 Å². The van der Waals surface area contributed by atoms with Gasteiger partial charge in [0.15, 0.2) is 5.65 Å². The summed E-state index contributed by atoms with van der Waals surface area (Å²) in [5.41, 5.74) is -3.98. The molecule has 0 spiro atoms. The molecular formula is C24H27F4N7OS. The maximum Gasteiger partial charge on any atom is 0.447 e. The molecule has 1 aliphatic heterocycles. The Morgan fingerprint density at radius 2 is 2.11 bits per heavy atom. The molecule has 37 heavy (non-hydrogen) atoms. The number of thioether (sulfide) groups is 1. The second-order valence-electron chi connectivity index (χ2n) is 9.52. The lowest BCUT2D eigenvalue weighted by molar-refractivity contribution is -0.0330. The number of rotatable bonds is 5. The largest absolute Gasteiger partial charge is 0.447 e. The number of hydrogen-bond acceptors (Lipinski definition) is 6.